The van der Waals surface area contributed by atoms with Crippen LogP contribution in [0.4, 0.5) is 17.5 Å². The Bertz CT molecular complexity index is 941. The summed E-state index contributed by atoms with van der Waals surface area (Å²) in [6.07, 6.45) is 3.25. The molecule has 10 heteroatoms. The van der Waals surface area contributed by atoms with Crippen LogP contribution in [0.5, 0.6) is 0 Å². The molecular weight excluding hydrogens is 346 g/mol. The molecule has 3 N–H and O–H groups in total. The van der Waals surface area contributed by atoms with Crippen molar-refractivity contribution in [3.8, 4) is 0 Å². The van der Waals surface area contributed by atoms with Crippen LogP contribution < -0.4 is 11.1 Å². The number of hydrogen-bond donors (Lipinski definition) is 2. The Balaban J connectivity index is 1.62. The van der Waals surface area contributed by atoms with E-state index < -0.39 is 4.92 Å². The van der Waals surface area contributed by atoms with Gasteiger partial charge in [0.25, 0.3) is 0 Å². The van der Waals surface area contributed by atoms with Crippen LogP contribution >= 0.6 is 11.6 Å². The van der Waals surface area contributed by atoms with Crippen LogP contribution in [0.2, 0.25) is 5.15 Å². The Morgan fingerprint density at radius 2 is 2.16 bits per heavy atom. The first-order valence-electron chi connectivity index (χ1n) is 7.60. The predicted molar refractivity (Wildman–Crippen MR) is 94.8 cm³/mol. The van der Waals surface area contributed by atoms with Crippen molar-refractivity contribution in [2.45, 2.75) is 19.8 Å². The number of nitrogens with one attached hydrogen (secondary N) is 1. The molecule has 3 heterocycles. The zero-order valence-corrected chi connectivity index (χ0v) is 14.2. The first-order valence-corrected chi connectivity index (χ1v) is 7.98. The molecular formula is C15H16ClN7O2. The van der Waals surface area contributed by atoms with E-state index in [2.05, 4.69) is 20.3 Å². The number of nitrogen functional groups attached to an aromatic ring is 1. The number of halogens is 1. The highest BCUT2D eigenvalue weighted by atomic mass is 35.5. The summed E-state index contributed by atoms with van der Waals surface area (Å²) in [5.41, 5.74) is 7.72. The average molecular weight is 362 g/mol. The number of aryl methyl sites for hydroxylation is 2. The van der Waals surface area contributed by atoms with Gasteiger partial charge in [0.2, 0.25) is 11.8 Å². The van der Waals surface area contributed by atoms with Gasteiger partial charge in [0.15, 0.2) is 0 Å². The molecule has 0 aliphatic carbocycles. The van der Waals surface area contributed by atoms with Crippen LogP contribution in [0, 0.1) is 17.0 Å². The second-order valence-corrected chi connectivity index (χ2v) is 5.89. The number of pyridine rings is 1. The van der Waals surface area contributed by atoms with E-state index in [1.807, 2.05) is 17.5 Å². The second-order valence-electron chi connectivity index (χ2n) is 5.51. The summed E-state index contributed by atoms with van der Waals surface area (Å²) in [6.45, 7) is 2.52. The van der Waals surface area contributed by atoms with Gasteiger partial charge < -0.3 is 11.1 Å². The molecule has 0 amide bonds. The lowest BCUT2D eigenvalue weighted by Gasteiger charge is -2.08. The minimum Gasteiger partial charge on any atom is -0.378 e. The van der Waals surface area contributed by atoms with Crippen LogP contribution in [-0.2, 0) is 6.42 Å². The molecule has 0 aliphatic rings. The number of imidazole rings is 1. The van der Waals surface area contributed by atoms with Gasteiger partial charge in [-0.25, -0.2) is 15.0 Å². The first kappa shape index (κ1) is 16.9. The highest BCUT2D eigenvalue weighted by Gasteiger charge is 2.12. The largest absolute Gasteiger partial charge is 0.378 e. The van der Waals surface area contributed by atoms with Crippen LogP contribution in [-0.4, -0.2) is 30.8 Å². The van der Waals surface area contributed by atoms with E-state index in [0.29, 0.717) is 29.8 Å². The van der Waals surface area contributed by atoms with Crippen LogP contribution in [0.15, 0.2) is 24.4 Å². The number of nitrogens with zero attached hydrogens (tertiary/aromatic N) is 5. The third kappa shape index (κ3) is 3.77. The standard InChI is InChI=1S/C15H16ClN7O2/c1-9-8-22-13(19-9)7-12(16)21-15(22)18-6-2-3-10-4-5-11(23(24)25)14(17)20-10/h4-5,7-8H,2-3,6H2,1H3,(H2,17,20)(H,18,21). The van der Waals surface area contributed by atoms with Crippen molar-refractivity contribution in [1.29, 1.82) is 0 Å². The lowest BCUT2D eigenvalue weighted by Crippen LogP contribution is -2.09. The molecule has 0 aromatic carbocycles. The van der Waals surface area contributed by atoms with E-state index >= 15 is 0 Å². The maximum absolute atomic E-state index is 10.7. The molecule has 3 rings (SSSR count). The van der Waals surface area contributed by atoms with Gasteiger partial charge in [-0.05, 0) is 25.8 Å². The number of aromatic nitrogens is 4. The Morgan fingerprint density at radius 1 is 1.36 bits per heavy atom. The van der Waals surface area contributed by atoms with Gasteiger partial charge >= 0.3 is 5.69 Å². The van der Waals surface area contributed by atoms with Crippen LogP contribution in [0.3, 0.4) is 0 Å². The van der Waals surface area contributed by atoms with E-state index in [4.69, 9.17) is 17.3 Å². The molecule has 25 heavy (non-hydrogen) atoms. The number of fused-ring (bicyclic) bond motifs is 1. The fourth-order valence-corrected chi connectivity index (χ4v) is 2.66. The maximum Gasteiger partial charge on any atom is 0.311 e. The van der Waals surface area contributed by atoms with Crippen LogP contribution in [0.1, 0.15) is 17.8 Å². The van der Waals surface area contributed by atoms with Crippen molar-refractivity contribution >= 4 is 34.7 Å². The Hall–Kier alpha value is -2.94. The molecule has 130 valence electrons. The van der Waals surface area contributed by atoms with Gasteiger partial charge in [-0.15, -0.1) is 0 Å². The molecule has 0 saturated carbocycles. The molecule has 3 aromatic rings. The quantitative estimate of drug-likeness (QED) is 0.299. The lowest BCUT2D eigenvalue weighted by molar-refractivity contribution is -0.384. The average Bonchev–Trinajstić information content (AvgIpc) is 2.91. The highest BCUT2D eigenvalue weighted by molar-refractivity contribution is 6.29. The maximum atomic E-state index is 10.7. The van der Waals surface area contributed by atoms with E-state index in [1.54, 1.807) is 12.1 Å². The molecule has 0 radical (unpaired) electrons. The molecule has 0 aliphatic heterocycles. The predicted octanol–water partition coefficient (Wildman–Crippen LogP) is 2.62. The van der Waals surface area contributed by atoms with Crippen LogP contribution in [0.25, 0.3) is 5.65 Å². The van der Waals surface area contributed by atoms with Gasteiger partial charge in [-0.3, -0.25) is 14.5 Å². The molecule has 9 nitrogen and oxygen atoms in total. The fraction of sp³-hybridized carbons (Fsp3) is 0.267. The lowest BCUT2D eigenvalue weighted by atomic mass is 10.2. The minimum absolute atomic E-state index is 0.0671. The normalized spacial score (nSPS) is 11.0. The van der Waals surface area contributed by atoms with E-state index in [0.717, 1.165) is 17.8 Å². The van der Waals surface area contributed by atoms with Crippen molar-refractivity contribution in [3.05, 3.63) is 51.1 Å². The summed E-state index contributed by atoms with van der Waals surface area (Å²) < 4.78 is 1.84. The molecule has 0 spiro atoms. The molecule has 0 fully saturated rings. The topological polar surface area (TPSA) is 124 Å². The highest BCUT2D eigenvalue weighted by Crippen LogP contribution is 2.19. The summed E-state index contributed by atoms with van der Waals surface area (Å²) in [7, 11) is 0. The number of rotatable bonds is 6. The smallest absolute Gasteiger partial charge is 0.311 e. The third-order valence-corrected chi connectivity index (χ3v) is 3.79. The second kappa shape index (κ2) is 6.89. The minimum atomic E-state index is -0.545. The van der Waals surface area contributed by atoms with Crippen molar-refractivity contribution in [2.24, 2.45) is 0 Å². The zero-order chi connectivity index (χ0) is 18.0. The SMILES string of the molecule is Cc1cn2c(NCCCc3ccc([N+](=O)[O-])c(N)n3)nc(Cl)cc2n1. The number of hydrogen-bond acceptors (Lipinski definition) is 7. The summed E-state index contributed by atoms with van der Waals surface area (Å²) in [6, 6.07) is 4.69. The van der Waals surface area contributed by atoms with Gasteiger partial charge in [0.05, 0.1) is 10.6 Å². The number of anilines is 2. The molecule has 0 atom stereocenters. The monoisotopic (exact) mass is 361 g/mol. The van der Waals surface area contributed by atoms with E-state index in [9.17, 15) is 10.1 Å². The number of nitro groups is 1. The molecule has 3 aromatic heterocycles. The Labute approximate surface area is 148 Å². The Morgan fingerprint density at radius 3 is 2.88 bits per heavy atom. The molecule has 0 bridgehead atoms. The fourth-order valence-electron chi connectivity index (χ4n) is 2.48. The van der Waals surface area contributed by atoms with Crippen molar-refractivity contribution in [1.82, 2.24) is 19.4 Å². The summed E-state index contributed by atoms with van der Waals surface area (Å²) in [5, 5.41) is 14.3. The molecule has 0 saturated heterocycles. The summed E-state index contributed by atoms with van der Waals surface area (Å²) in [4.78, 5) is 22.9. The summed E-state index contributed by atoms with van der Waals surface area (Å²) >= 11 is 6.02. The Kier molecular flexibility index (Phi) is 4.66. The zero-order valence-electron chi connectivity index (χ0n) is 13.4. The van der Waals surface area contributed by atoms with E-state index in [1.165, 1.54) is 6.07 Å². The van der Waals surface area contributed by atoms with E-state index in [-0.39, 0.29) is 11.5 Å². The third-order valence-electron chi connectivity index (χ3n) is 3.59. The molecule has 0 unspecified atom stereocenters. The number of nitrogens with two attached hydrogens (primary N) is 1. The van der Waals surface area contributed by atoms with Gasteiger partial charge in [0.1, 0.15) is 10.8 Å². The van der Waals surface area contributed by atoms with Gasteiger partial charge in [0, 0.05) is 30.6 Å². The van der Waals surface area contributed by atoms with Gasteiger partial charge in [-0.1, -0.05) is 11.6 Å². The van der Waals surface area contributed by atoms with Crippen molar-refractivity contribution < 1.29 is 4.92 Å². The van der Waals surface area contributed by atoms with Gasteiger partial charge in [-0.2, -0.15) is 0 Å². The van der Waals surface area contributed by atoms with Crippen molar-refractivity contribution in [3.63, 3.8) is 0 Å². The summed E-state index contributed by atoms with van der Waals surface area (Å²) in [5.74, 6) is 0.543. The first-order chi connectivity index (χ1) is 11.9. The van der Waals surface area contributed by atoms with Crippen molar-refractivity contribution in [2.75, 3.05) is 17.6 Å².